The number of methoxy groups -OCH3 is 1. The third kappa shape index (κ3) is 2.39. The van der Waals surface area contributed by atoms with Gasteiger partial charge in [-0.25, -0.2) is 4.79 Å². The van der Waals surface area contributed by atoms with Crippen molar-refractivity contribution in [2.24, 2.45) is 0 Å². The predicted molar refractivity (Wildman–Crippen MR) is 60.7 cm³/mol. The van der Waals surface area contributed by atoms with Crippen molar-refractivity contribution in [2.75, 3.05) is 7.11 Å². The lowest BCUT2D eigenvalue weighted by molar-refractivity contribution is -0.135. The number of ether oxygens (including phenoxy) is 1. The smallest absolute Gasteiger partial charge is 0.337 e. The molecule has 1 aliphatic heterocycles. The first-order valence-electron chi connectivity index (χ1n) is 4.70. The summed E-state index contributed by atoms with van der Waals surface area (Å²) in [7, 11) is 1.21. The van der Waals surface area contributed by atoms with E-state index in [4.69, 9.17) is 0 Å². The monoisotopic (exact) mass is 233 g/mol. The maximum Gasteiger partial charge on any atom is 0.337 e. The summed E-state index contributed by atoms with van der Waals surface area (Å²) in [6.07, 6.45) is 3.75. The van der Waals surface area contributed by atoms with Crippen LogP contribution < -0.4 is 5.32 Å². The number of amides is 2. The second-order valence-corrected chi connectivity index (χ2v) is 3.11. The second-order valence-electron chi connectivity index (χ2n) is 3.11. The molecule has 0 aliphatic carbocycles. The molecule has 1 heterocycles. The van der Waals surface area contributed by atoms with Crippen molar-refractivity contribution < 1.29 is 19.1 Å². The summed E-state index contributed by atoms with van der Waals surface area (Å²) in [4.78, 5) is 34.0. The number of rotatable bonds is 4. The minimum Gasteiger partial charge on any atom is -0.465 e. The Labute approximate surface area is 98.1 Å². The van der Waals surface area contributed by atoms with E-state index in [1.807, 2.05) is 0 Å². The predicted octanol–water partition coefficient (Wildman–Crippen LogP) is 0.411. The van der Waals surface area contributed by atoms with Crippen molar-refractivity contribution in [1.82, 2.24) is 5.32 Å². The number of esters is 1. The van der Waals surface area contributed by atoms with Gasteiger partial charge in [0, 0.05) is 0 Å². The topological polar surface area (TPSA) is 72.5 Å². The Morgan fingerprint density at radius 1 is 1.24 bits per heavy atom. The van der Waals surface area contributed by atoms with Crippen LogP contribution in [0.25, 0.3) is 0 Å². The van der Waals surface area contributed by atoms with Crippen molar-refractivity contribution in [3.8, 4) is 0 Å². The lowest BCUT2D eigenvalue weighted by Gasteiger charge is -1.99. The van der Waals surface area contributed by atoms with Crippen LogP contribution in [0.5, 0.6) is 0 Å². The number of nitrogens with one attached hydrogen (secondary N) is 1. The maximum absolute atomic E-state index is 11.4. The van der Waals surface area contributed by atoms with Gasteiger partial charge in [0.15, 0.2) is 0 Å². The quantitative estimate of drug-likeness (QED) is 0.330. The number of hydrogen-bond donors (Lipinski definition) is 1. The Hall–Kier alpha value is -2.43. The molecule has 2 amide bonds. The van der Waals surface area contributed by atoms with Crippen LogP contribution in [0.4, 0.5) is 0 Å². The molecule has 0 radical (unpaired) electrons. The van der Waals surface area contributed by atoms with Crippen LogP contribution in [0, 0.1) is 0 Å². The van der Waals surface area contributed by atoms with E-state index in [1.54, 1.807) is 0 Å². The molecular weight excluding hydrogens is 222 g/mol. The number of carbonyl (C=O) groups is 3. The molecule has 88 valence electrons. The van der Waals surface area contributed by atoms with Gasteiger partial charge in [0.05, 0.1) is 23.8 Å². The van der Waals surface area contributed by atoms with Gasteiger partial charge >= 0.3 is 5.97 Å². The molecule has 5 nitrogen and oxygen atoms in total. The Balaban J connectivity index is 3.27. The van der Waals surface area contributed by atoms with Crippen molar-refractivity contribution in [3.05, 3.63) is 48.1 Å². The average Bonchev–Trinajstić information content (AvgIpc) is 2.59. The van der Waals surface area contributed by atoms with Crippen LogP contribution >= 0.6 is 0 Å². The summed E-state index contributed by atoms with van der Waals surface area (Å²) < 4.78 is 4.50. The lowest BCUT2D eigenvalue weighted by Crippen LogP contribution is -2.22. The van der Waals surface area contributed by atoms with Crippen molar-refractivity contribution >= 4 is 17.8 Å². The van der Waals surface area contributed by atoms with E-state index in [2.05, 4.69) is 23.2 Å². The Morgan fingerprint density at radius 3 is 2.29 bits per heavy atom. The average molecular weight is 233 g/mol. The SMILES string of the molecule is C=CC1=C(/C=C(\C=C)C(=O)OC)C(=O)NC1=O. The van der Waals surface area contributed by atoms with Gasteiger partial charge in [-0.2, -0.15) is 0 Å². The zero-order valence-corrected chi connectivity index (χ0v) is 9.28. The molecule has 0 aromatic carbocycles. The van der Waals surface area contributed by atoms with Crippen LogP contribution in [-0.4, -0.2) is 24.9 Å². The van der Waals surface area contributed by atoms with Gasteiger partial charge in [-0.05, 0) is 6.08 Å². The third-order valence-corrected chi connectivity index (χ3v) is 2.15. The first-order valence-corrected chi connectivity index (χ1v) is 4.70. The van der Waals surface area contributed by atoms with Gasteiger partial charge in [0.25, 0.3) is 11.8 Å². The van der Waals surface area contributed by atoms with Crippen LogP contribution in [0.3, 0.4) is 0 Å². The molecule has 0 spiro atoms. The highest BCUT2D eigenvalue weighted by molar-refractivity contribution is 6.22. The molecule has 1 aliphatic rings. The minimum atomic E-state index is -0.636. The van der Waals surface area contributed by atoms with Gasteiger partial charge in [-0.1, -0.05) is 25.3 Å². The van der Waals surface area contributed by atoms with Crippen LogP contribution in [-0.2, 0) is 19.1 Å². The van der Waals surface area contributed by atoms with Crippen molar-refractivity contribution in [2.45, 2.75) is 0 Å². The van der Waals surface area contributed by atoms with Crippen molar-refractivity contribution in [3.63, 3.8) is 0 Å². The van der Waals surface area contributed by atoms with Crippen LogP contribution in [0.2, 0.25) is 0 Å². The summed E-state index contributed by atoms with van der Waals surface area (Å²) in [5, 5.41) is 2.10. The zero-order chi connectivity index (χ0) is 13.0. The van der Waals surface area contributed by atoms with E-state index in [1.165, 1.54) is 25.3 Å². The van der Waals surface area contributed by atoms with Gasteiger partial charge in [0.1, 0.15) is 0 Å². The lowest BCUT2D eigenvalue weighted by atomic mass is 10.1. The molecule has 1 rings (SSSR count). The molecule has 0 aromatic heterocycles. The summed E-state index contributed by atoms with van der Waals surface area (Å²) >= 11 is 0. The molecule has 0 saturated carbocycles. The molecule has 0 aromatic rings. The molecule has 17 heavy (non-hydrogen) atoms. The first-order chi connectivity index (χ1) is 8.04. The fraction of sp³-hybridized carbons (Fsp3) is 0.0833. The third-order valence-electron chi connectivity index (χ3n) is 2.15. The molecule has 1 N–H and O–H groups in total. The highest BCUT2D eigenvalue weighted by Crippen LogP contribution is 2.17. The Bertz CT molecular complexity index is 483. The number of imide groups is 1. The van der Waals surface area contributed by atoms with E-state index in [0.29, 0.717) is 0 Å². The van der Waals surface area contributed by atoms with Crippen LogP contribution in [0.15, 0.2) is 48.1 Å². The van der Waals surface area contributed by atoms with E-state index in [0.717, 1.165) is 0 Å². The molecule has 0 fully saturated rings. The van der Waals surface area contributed by atoms with Crippen LogP contribution in [0.1, 0.15) is 0 Å². The molecule has 0 bridgehead atoms. The fourth-order valence-corrected chi connectivity index (χ4v) is 1.30. The first kappa shape index (κ1) is 12.6. The summed E-state index contributed by atoms with van der Waals surface area (Å²) in [5.41, 5.74) is 0.287. The highest BCUT2D eigenvalue weighted by Gasteiger charge is 2.27. The van der Waals surface area contributed by atoms with E-state index in [-0.39, 0.29) is 16.7 Å². The van der Waals surface area contributed by atoms with Gasteiger partial charge < -0.3 is 4.74 Å². The summed E-state index contributed by atoms with van der Waals surface area (Å²) in [5.74, 6) is -1.75. The second kappa shape index (κ2) is 5.07. The molecule has 0 unspecified atom stereocenters. The Morgan fingerprint density at radius 2 is 1.82 bits per heavy atom. The van der Waals surface area contributed by atoms with Gasteiger partial charge in [0.2, 0.25) is 0 Å². The maximum atomic E-state index is 11.4. The standard InChI is InChI=1S/C12H11NO4/c1-4-7(12(16)17-3)6-9-8(5-2)10(14)13-11(9)15/h4-6H,1-2H2,3H3,(H,13,14,15)/b7-6+. The number of carbonyl (C=O) groups excluding carboxylic acids is 3. The molecule has 5 heteroatoms. The fourth-order valence-electron chi connectivity index (χ4n) is 1.30. The van der Waals surface area contributed by atoms with Gasteiger partial charge in [-0.3, -0.25) is 14.9 Å². The van der Waals surface area contributed by atoms with E-state index >= 15 is 0 Å². The Kier molecular flexibility index (Phi) is 3.77. The van der Waals surface area contributed by atoms with E-state index < -0.39 is 17.8 Å². The minimum absolute atomic E-state index is 0.0744. The summed E-state index contributed by atoms with van der Waals surface area (Å²) in [6, 6.07) is 0. The zero-order valence-electron chi connectivity index (χ0n) is 9.28. The molecule has 0 saturated heterocycles. The van der Waals surface area contributed by atoms with E-state index in [9.17, 15) is 14.4 Å². The molecular formula is C12H11NO4. The highest BCUT2D eigenvalue weighted by atomic mass is 16.5. The summed E-state index contributed by atoms with van der Waals surface area (Å²) in [6.45, 7) is 6.87. The van der Waals surface area contributed by atoms with Gasteiger partial charge in [-0.15, -0.1) is 0 Å². The molecule has 0 atom stereocenters. The largest absolute Gasteiger partial charge is 0.465 e. The number of hydrogen-bond acceptors (Lipinski definition) is 4. The normalized spacial score (nSPS) is 15.7. The van der Waals surface area contributed by atoms with Crippen molar-refractivity contribution in [1.29, 1.82) is 0 Å².